The predicted octanol–water partition coefficient (Wildman–Crippen LogP) is 3.88. The van der Waals surface area contributed by atoms with Gasteiger partial charge in [0.15, 0.2) is 0 Å². The lowest BCUT2D eigenvalue weighted by molar-refractivity contribution is -0.137. The number of rotatable bonds is 5. The third-order valence-electron chi connectivity index (χ3n) is 6.47. The molecule has 0 spiro atoms. The van der Waals surface area contributed by atoms with E-state index in [-0.39, 0.29) is 24.4 Å². The Morgan fingerprint density at radius 3 is 2.54 bits per heavy atom. The molecule has 11 heteroatoms. The molecule has 0 bridgehead atoms. The Morgan fingerprint density at radius 2 is 1.86 bits per heavy atom. The average molecular weight is 517 g/mol. The zero-order chi connectivity index (χ0) is 26.8. The molecular formula is C26H31F3N6O2. The second-order valence-electron chi connectivity index (χ2n) is 10.4. The number of halogens is 3. The summed E-state index contributed by atoms with van der Waals surface area (Å²) < 4.78 is 41.9. The zero-order valence-corrected chi connectivity index (χ0v) is 21.0. The molecule has 0 saturated carbocycles. The summed E-state index contributed by atoms with van der Waals surface area (Å²) in [6, 6.07) is 5.00. The van der Waals surface area contributed by atoms with Gasteiger partial charge in [0.25, 0.3) is 0 Å². The van der Waals surface area contributed by atoms with Gasteiger partial charge in [0.2, 0.25) is 5.91 Å². The van der Waals surface area contributed by atoms with E-state index in [1.165, 1.54) is 6.07 Å². The number of fused-ring (bicyclic) bond motifs is 1. The number of nitrogens with zero attached hydrogens (tertiary/aromatic N) is 4. The molecule has 2 atom stereocenters. The normalized spacial score (nSPS) is 20.0. The lowest BCUT2D eigenvalue weighted by Crippen LogP contribution is -2.53. The van der Waals surface area contributed by atoms with Crippen molar-refractivity contribution >= 4 is 17.5 Å². The van der Waals surface area contributed by atoms with E-state index in [2.05, 4.69) is 20.8 Å². The third kappa shape index (κ3) is 6.39. The van der Waals surface area contributed by atoms with Gasteiger partial charge in [0, 0.05) is 37.6 Å². The maximum atomic E-state index is 13.4. The van der Waals surface area contributed by atoms with E-state index in [1.807, 2.05) is 20.8 Å². The summed E-state index contributed by atoms with van der Waals surface area (Å²) in [6.45, 7) is 7.23. The Hall–Kier alpha value is -3.63. The van der Waals surface area contributed by atoms with Crippen molar-refractivity contribution in [1.82, 2.24) is 30.3 Å². The van der Waals surface area contributed by atoms with E-state index in [0.29, 0.717) is 37.2 Å². The van der Waals surface area contributed by atoms with Crippen LogP contribution in [-0.2, 0) is 17.5 Å². The maximum absolute atomic E-state index is 13.4. The first kappa shape index (κ1) is 26.4. The third-order valence-corrected chi connectivity index (χ3v) is 6.47. The Labute approximate surface area is 213 Å². The van der Waals surface area contributed by atoms with E-state index in [9.17, 15) is 22.8 Å². The molecule has 2 N–H and O–H groups in total. The number of nitrogens with one attached hydrogen (secondary N) is 2. The number of likely N-dealkylation sites (tertiary alicyclic amines) is 1. The fourth-order valence-corrected chi connectivity index (χ4v) is 4.75. The smallest absolute Gasteiger partial charge is 0.354 e. The SMILES string of the molecule is CC(C)(C)NC(=O)N1CCC2=C(c3cccc(C(F)(F)F)c3)C=CC(C(=O)NCCn3cnnc3)C2C1. The number of allylic oxidation sites excluding steroid dienone is 2. The number of piperidine rings is 1. The number of hydrogen-bond acceptors (Lipinski definition) is 4. The number of alkyl halides is 3. The average Bonchev–Trinajstić information content (AvgIpc) is 3.35. The van der Waals surface area contributed by atoms with Gasteiger partial charge < -0.3 is 20.1 Å². The van der Waals surface area contributed by atoms with Crippen LogP contribution in [0.15, 0.2) is 54.6 Å². The van der Waals surface area contributed by atoms with E-state index in [0.717, 1.165) is 17.7 Å². The van der Waals surface area contributed by atoms with Crippen LogP contribution in [0.5, 0.6) is 0 Å². The summed E-state index contributed by atoms with van der Waals surface area (Å²) in [5.74, 6) is -1.12. The van der Waals surface area contributed by atoms with Crippen LogP contribution in [0.1, 0.15) is 38.3 Å². The van der Waals surface area contributed by atoms with Gasteiger partial charge >= 0.3 is 12.2 Å². The van der Waals surface area contributed by atoms with Gasteiger partial charge in [-0.2, -0.15) is 13.2 Å². The van der Waals surface area contributed by atoms with Crippen molar-refractivity contribution in [2.24, 2.45) is 11.8 Å². The first-order chi connectivity index (χ1) is 17.4. The lowest BCUT2D eigenvalue weighted by atomic mass is 9.73. The van der Waals surface area contributed by atoms with Crippen LogP contribution >= 0.6 is 0 Å². The first-order valence-corrected chi connectivity index (χ1v) is 12.2. The minimum Gasteiger partial charge on any atom is -0.354 e. The highest BCUT2D eigenvalue weighted by atomic mass is 19.4. The van der Waals surface area contributed by atoms with Crippen molar-refractivity contribution in [3.8, 4) is 0 Å². The number of benzene rings is 1. The molecule has 1 aliphatic heterocycles. The minimum absolute atomic E-state index is 0.201. The van der Waals surface area contributed by atoms with Crippen molar-refractivity contribution in [3.05, 3.63) is 65.8 Å². The summed E-state index contributed by atoms with van der Waals surface area (Å²) in [4.78, 5) is 27.8. The molecule has 4 rings (SSSR count). The van der Waals surface area contributed by atoms with Gasteiger partial charge in [-0.05, 0) is 50.5 Å². The summed E-state index contributed by atoms with van der Waals surface area (Å²) in [7, 11) is 0. The molecule has 198 valence electrons. The summed E-state index contributed by atoms with van der Waals surface area (Å²) in [5, 5.41) is 13.4. The van der Waals surface area contributed by atoms with Crippen molar-refractivity contribution < 1.29 is 22.8 Å². The molecule has 37 heavy (non-hydrogen) atoms. The van der Waals surface area contributed by atoms with E-state index < -0.39 is 23.2 Å². The fraction of sp³-hybridized carbons (Fsp3) is 0.462. The number of carbonyl (C=O) groups is 2. The van der Waals surface area contributed by atoms with Crippen LogP contribution in [0.3, 0.4) is 0 Å². The number of urea groups is 1. The molecule has 2 unspecified atom stereocenters. The van der Waals surface area contributed by atoms with Gasteiger partial charge in [-0.15, -0.1) is 10.2 Å². The zero-order valence-electron chi connectivity index (χ0n) is 21.0. The molecule has 1 fully saturated rings. The Kier molecular flexibility index (Phi) is 7.42. The summed E-state index contributed by atoms with van der Waals surface area (Å²) in [5.41, 5.74) is 0.868. The van der Waals surface area contributed by atoms with Gasteiger partial charge in [-0.25, -0.2) is 4.79 Å². The quantitative estimate of drug-likeness (QED) is 0.631. The summed E-state index contributed by atoms with van der Waals surface area (Å²) in [6.07, 6.45) is 2.60. The van der Waals surface area contributed by atoms with E-state index >= 15 is 0 Å². The molecule has 2 aromatic rings. The van der Waals surface area contributed by atoms with Gasteiger partial charge in [0.05, 0.1) is 11.5 Å². The molecule has 2 heterocycles. The number of hydrogen-bond donors (Lipinski definition) is 2. The van der Waals surface area contributed by atoms with Crippen LogP contribution in [0.4, 0.5) is 18.0 Å². The Bertz CT molecular complexity index is 1200. The standard InChI is InChI=1S/C26H31F3N6O2/c1-25(2,3)33-24(37)35-11-9-20-19(17-5-4-6-18(13-17)26(27,28)29)7-8-21(22(20)14-35)23(36)30-10-12-34-15-31-32-16-34/h4-8,13,15-16,21-22H,9-12,14H2,1-3H3,(H,30,36)(H,33,37). The number of amides is 3. The number of aromatic nitrogens is 3. The summed E-state index contributed by atoms with van der Waals surface area (Å²) >= 11 is 0. The monoisotopic (exact) mass is 516 g/mol. The molecule has 1 aliphatic carbocycles. The maximum Gasteiger partial charge on any atom is 0.416 e. The molecular weight excluding hydrogens is 485 g/mol. The van der Waals surface area contributed by atoms with Crippen molar-refractivity contribution in [2.75, 3.05) is 19.6 Å². The minimum atomic E-state index is -4.46. The van der Waals surface area contributed by atoms with Gasteiger partial charge in [0.1, 0.15) is 12.7 Å². The highest BCUT2D eigenvalue weighted by molar-refractivity contribution is 5.87. The predicted molar refractivity (Wildman–Crippen MR) is 132 cm³/mol. The first-order valence-electron chi connectivity index (χ1n) is 12.2. The largest absolute Gasteiger partial charge is 0.416 e. The Morgan fingerprint density at radius 1 is 1.14 bits per heavy atom. The lowest BCUT2D eigenvalue weighted by Gasteiger charge is -2.41. The van der Waals surface area contributed by atoms with Crippen LogP contribution in [0.25, 0.3) is 5.57 Å². The molecule has 1 aromatic carbocycles. The highest BCUT2D eigenvalue weighted by Crippen LogP contribution is 2.41. The van der Waals surface area contributed by atoms with Gasteiger partial charge in [-0.3, -0.25) is 4.79 Å². The molecule has 3 amide bonds. The highest BCUT2D eigenvalue weighted by Gasteiger charge is 2.39. The molecule has 8 nitrogen and oxygen atoms in total. The van der Waals surface area contributed by atoms with E-state index in [4.69, 9.17) is 0 Å². The van der Waals surface area contributed by atoms with Crippen LogP contribution in [-0.4, -0.2) is 56.8 Å². The molecule has 0 radical (unpaired) electrons. The van der Waals surface area contributed by atoms with Crippen LogP contribution in [0, 0.1) is 11.8 Å². The fourth-order valence-electron chi connectivity index (χ4n) is 4.75. The van der Waals surface area contributed by atoms with Crippen molar-refractivity contribution in [3.63, 3.8) is 0 Å². The number of carbonyl (C=O) groups excluding carboxylic acids is 2. The second kappa shape index (κ2) is 10.4. The van der Waals surface area contributed by atoms with Crippen molar-refractivity contribution in [1.29, 1.82) is 0 Å². The van der Waals surface area contributed by atoms with Crippen LogP contribution in [0.2, 0.25) is 0 Å². The molecule has 1 saturated heterocycles. The van der Waals surface area contributed by atoms with E-state index in [1.54, 1.807) is 40.3 Å². The van der Waals surface area contributed by atoms with Crippen molar-refractivity contribution in [2.45, 2.75) is 45.5 Å². The van der Waals surface area contributed by atoms with Gasteiger partial charge in [-0.1, -0.05) is 29.9 Å². The molecule has 2 aliphatic rings. The second-order valence-corrected chi connectivity index (χ2v) is 10.4. The van der Waals surface area contributed by atoms with Crippen LogP contribution < -0.4 is 10.6 Å². The Balaban J connectivity index is 1.60. The topological polar surface area (TPSA) is 92.2 Å². The molecule has 1 aromatic heterocycles.